The van der Waals surface area contributed by atoms with Gasteiger partial charge in [-0.05, 0) is 41.7 Å². The van der Waals surface area contributed by atoms with Crippen LogP contribution in [0.1, 0.15) is 45.1 Å². The molecular formula is C21H31N. The lowest BCUT2D eigenvalue weighted by Crippen LogP contribution is -2.28. The molecule has 0 spiro atoms. The Kier molecular flexibility index (Phi) is 5.88. The van der Waals surface area contributed by atoms with E-state index >= 15 is 0 Å². The number of rotatable bonds is 6. The molecule has 1 nitrogen and oxygen atoms in total. The predicted octanol–water partition coefficient (Wildman–Crippen LogP) is 5.61. The van der Waals surface area contributed by atoms with E-state index in [0.29, 0.717) is 5.92 Å². The summed E-state index contributed by atoms with van der Waals surface area (Å²) in [5, 5.41) is 0. The summed E-state index contributed by atoms with van der Waals surface area (Å²) < 4.78 is 0. The Morgan fingerprint density at radius 3 is 2.32 bits per heavy atom. The van der Waals surface area contributed by atoms with Gasteiger partial charge in [0.15, 0.2) is 0 Å². The lowest BCUT2D eigenvalue weighted by Gasteiger charge is -2.35. The molecule has 22 heavy (non-hydrogen) atoms. The van der Waals surface area contributed by atoms with Crippen LogP contribution in [0.3, 0.4) is 0 Å². The van der Waals surface area contributed by atoms with E-state index in [4.69, 9.17) is 0 Å². The molecule has 1 aromatic carbocycles. The van der Waals surface area contributed by atoms with Gasteiger partial charge in [0.05, 0.1) is 0 Å². The summed E-state index contributed by atoms with van der Waals surface area (Å²) >= 11 is 0. The summed E-state index contributed by atoms with van der Waals surface area (Å²) in [6.07, 6.45) is 5.47. The fraction of sp³-hybridized carbons (Fsp3) is 0.524. The first-order chi connectivity index (χ1) is 10.5. The van der Waals surface area contributed by atoms with Gasteiger partial charge in [-0.1, -0.05) is 70.2 Å². The van der Waals surface area contributed by atoms with E-state index in [-0.39, 0.29) is 0 Å². The second-order valence-corrected chi connectivity index (χ2v) is 7.13. The summed E-state index contributed by atoms with van der Waals surface area (Å²) in [4.78, 5) is 2.29. The highest BCUT2D eigenvalue weighted by Gasteiger charge is 2.26. The average molecular weight is 297 g/mol. The molecule has 1 unspecified atom stereocenters. The number of nitrogens with zero attached hydrogens (tertiary/aromatic N) is 1. The molecule has 0 amide bonds. The van der Waals surface area contributed by atoms with E-state index in [0.717, 1.165) is 24.0 Å². The number of hydrogen-bond acceptors (Lipinski definition) is 1. The van der Waals surface area contributed by atoms with E-state index < -0.39 is 0 Å². The van der Waals surface area contributed by atoms with Crippen molar-refractivity contribution in [3.63, 3.8) is 0 Å². The zero-order valence-electron chi connectivity index (χ0n) is 14.5. The smallest absolute Gasteiger partial charge is 0.0423 e. The van der Waals surface area contributed by atoms with Crippen LogP contribution in [-0.4, -0.2) is 18.5 Å². The van der Waals surface area contributed by atoms with Gasteiger partial charge in [0.2, 0.25) is 0 Å². The molecule has 0 saturated heterocycles. The molecule has 0 aromatic heterocycles. The molecule has 1 heteroatoms. The summed E-state index contributed by atoms with van der Waals surface area (Å²) in [5.74, 6) is 2.28. The van der Waals surface area contributed by atoms with Crippen LogP contribution in [-0.2, 0) is 0 Å². The Morgan fingerprint density at radius 1 is 1.14 bits per heavy atom. The van der Waals surface area contributed by atoms with Gasteiger partial charge in [0.25, 0.3) is 0 Å². The minimum absolute atomic E-state index is 0.570. The Hall–Kier alpha value is -1.50. The molecule has 0 radical (unpaired) electrons. The zero-order valence-corrected chi connectivity index (χ0v) is 14.5. The zero-order chi connectivity index (χ0) is 16.1. The largest absolute Gasteiger partial charge is 0.374 e. The maximum Gasteiger partial charge on any atom is 0.0423 e. The number of benzene rings is 1. The molecule has 0 bridgehead atoms. The van der Waals surface area contributed by atoms with Gasteiger partial charge in [0.1, 0.15) is 0 Å². The van der Waals surface area contributed by atoms with Gasteiger partial charge in [0, 0.05) is 19.3 Å². The van der Waals surface area contributed by atoms with Crippen molar-refractivity contribution >= 4 is 5.57 Å². The lowest BCUT2D eigenvalue weighted by atomic mass is 9.76. The van der Waals surface area contributed by atoms with Gasteiger partial charge in [-0.15, -0.1) is 0 Å². The van der Waals surface area contributed by atoms with Crippen molar-refractivity contribution in [2.75, 3.05) is 13.6 Å². The van der Waals surface area contributed by atoms with Crippen molar-refractivity contribution < 1.29 is 0 Å². The molecule has 1 aliphatic rings. The maximum absolute atomic E-state index is 4.38. The lowest BCUT2D eigenvalue weighted by molar-refractivity contribution is 0.220. The molecule has 1 atom stereocenters. The monoisotopic (exact) mass is 297 g/mol. The van der Waals surface area contributed by atoms with Crippen LogP contribution in [0.15, 0.2) is 49.2 Å². The summed E-state index contributed by atoms with van der Waals surface area (Å²) in [6.45, 7) is 14.2. The van der Waals surface area contributed by atoms with Crippen LogP contribution in [0.2, 0.25) is 0 Å². The Labute approximate surface area is 136 Å². The van der Waals surface area contributed by atoms with Crippen molar-refractivity contribution in [1.82, 2.24) is 4.90 Å². The topological polar surface area (TPSA) is 3.24 Å². The molecule has 0 heterocycles. The first kappa shape index (κ1) is 16.9. The molecule has 2 rings (SSSR count). The SMILES string of the molecule is C=C(CN(C)C(=C)C(C)C1CCC(C)CC1)c1ccccc1. The standard InChI is InChI=1S/C21H31N/c1-16-11-13-21(14-12-16)18(3)19(4)22(5)15-17(2)20-9-7-6-8-10-20/h6-10,16,18,21H,2,4,11-15H2,1,3,5H3. The van der Waals surface area contributed by atoms with Gasteiger partial charge in [-0.3, -0.25) is 0 Å². The fourth-order valence-electron chi connectivity index (χ4n) is 3.56. The van der Waals surface area contributed by atoms with Crippen LogP contribution < -0.4 is 0 Å². The first-order valence-electron chi connectivity index (χ1n) is 8.62. The van der Waals surface area contributed by atoms with Crippen LogP contribution >= 0.6 is 0 Å². The van der Waals surface area contributed by atoms with Gasteiger partial charge in [-0.2, -0.15) is 0 Å². The number of likely N-dealkylation sites (N-methyl/N-ethyl adjacent to an activating group) is 1. The Balaban J connectivity index is 1.90. The van der Waals surface area contributed by atoms with Crippen molar-refractivity contribution in [3.8, 4) is 0 Å². The molecule has 0 aliphatic heterocycles. The molecule has 120 valence electrons. The highest BCUT2D eigenvalue weighted by atomic mass is 15.1. The first-order valence-corrected chi connectivity index (χ1v) is 8.62. The third kappa shape index (κ3) is 4.25. The second kappa shape index (κ2) is 7.67. The minimum atomic E-state index is 0.570. The van der Waals surface area contributed by atoms with Gasteiger partial charge >= 0.3 is 0 Å². The van der Waals surface area contributed by atoms with Crippen molar-refractivity contribution in [3.05, 3.63) is 54.8 Å². The second-order valence-electron chi connectivity index (χ2n) is 7.13. The van der Waals surface area contributed by atoms with E-state index in [9.17, 15) is 0 Å². The fourth-order valence-corrected chi connectivity index (χ4v) is 3.56. The van der Waals surface area contributed by atoms with Crippen LogP contribution in [0.25, 0.3) is 5.57 Å². The predicted molar refractivity (Wildman–Crippen MR) is 97.5 cm³/mol. The van der Waals surface area contributed by atoms with E-state index in [1.807, 2.05) is 6.07 Å². The summed E-state index contributed by atoms with van der Waals surface area (Å²) in [5.41, 5.74) is 3.65. The molecule has 1 fully saturated rings. The molecule has 1 aromatic rings. The normalized spacial score (nSPS) is 22.9. The molecular weight excluding hydrogens is 266 g/mol. The van der Waals surface area contributed by atoms with Crippen LogP contribution in [0, 0.1) is 17.8 Å². The minimum Gasteiger partial charge on any atom is -0.374 e. The van der Waals surface area contributed by atoms with Crippen molar-refractivity contribution in [1.29, 1.82) is 0 Å². The maximum atomic E-state index is 4.38. The quantitative estimate of drug-likeness (QED) is 0.660. The highest BCUT2D eigenvalue weighted by Crippen LogP contribution is 2.36. The van der Waals surface area contributed by atoms with E-state index in [2.05, 4.69) is 63.2 Å². The Morgan fingerprint density at radius 2 is 1.73 bits per heavy atom. The van der Waals surface area contributed by atoms with E-state index in [1.54, 1.807) is 0 Å². The number of hydrogen-bond donors (Lipinski definition) is 0. The van der Waals surface area contributed by atoms with Crippen LogP contribution in [0.4, 0.5) is 0 Å². The number of allylic oxidation sites excluding steroid dienone is 1. The molecule has 1 aliphatic carbocycles. The van der Waals surface area contributed by atoms with Crippen LogP contribution in [0.5, 0.6) is 0 Å². The molecule has 0 N–H and O–H groups in total. The van der Waals surface area contributed by atoms with E-state index in [1.165, 1.54) is 36.9 Å². The van der Waals surface area contributed by atoms with Gasteiger partial charge < -0.3 is 4.90 Å². The van der Waals surface area contributed by atoms with Gasteiger partial charge in [-0.25, -0.2) is 0 Å². The third-order valence-electron chi connectivity index (χ3n) is 5.39. The van der Waals surface area contributed by atoms with Crippen molar-refractivity contribution in [2.24, 2.45) is 17.8 Å². The third-order valence-corrected chi connectivity index (χ3v) is 5.39. The molecule has 1 saturated carbocycles. The average Bonchev–Trinajstić information content (AvgIpc) is 2.55. The summed E-state index contributed by atoms with van der Waals surface area (Å²) in [7, 11) is 2.15. The Bertz CT molecular complexity index is 494. The summed E-state index contributed by atoms with van der Waals surface area (Å²) in [6, 6.07) is 10.4. The highest BCUT2D eigenvalue weighted by molar-refractivity contribution is 5.64. The van der Waals surface area contributed by atoms with Crippen molar-refractivity contribution in [2.45, 2.75) is 39.5 Å².